The van der Waals surface area contributed by atoms with Crippen LogP contribution in [0.15, 0.2) is 29.6 Å². The summed E-state index contributed by atoms with van der Waals surface area (Å²) in [7, 11) is 0. The number of aromatic nitrogens is 1. The Labute approximate surface area is 138 Å². The zero-order valence-electron chi connectivity index (χ0n) is 12.8. The number of nitrogens with one attached hydrogen (secondary N) is 2. The van der Waals surface area contributed by atoms with Crippen LogP contribution in [0.4, 0.5) is 5.69 Å². The summed E-state index contributed by atoms with van der Waals surface area (Å²) in [5.74, 6) is -1.19. The molecular formula is C16H16N4O2S. The summed E-state index contributed by atoms with van der Waals surface area (Å²) in [6.45, 7) is 4.29. The Hall–Kier alpha value is -2.72. The molecule has 2 N–H and O–H groups in total. The van der Waals surface area contributed by atoms with Crippen molar-refractivity contribution < 1.29 is 9.59 Å². The van der Waals surface area contributed by atoms with Crippen LogP contribution in [0.5, 0.6) is 0 Å². The van der Waals surface area contributed by atoms with Crippen molar-refractivity contribution in [3.63, 3.8) is 0 Å². The van der Waals surface area contributed by atoms with Gasteiger partial charge in [-0.1, -0.05) is 19.9 Å². The molecule has 0 radical (unpaired) electrons. The molecule has 1 heterocycles. The third-order valence-corrected chi connectivity index (χ3v) is 4.14. The fraction of sp³-hybridized carbons (Fsp3) is 0.250. The van der Waals surface area contributed by atoms with Gasteiger partial charge in [-0.15, -0.1) is 11.3 Å². The van der Waals surface area contributed by atoms with Gasteiger partial charge in [-0.2, -0.15) is 5.26 Å². The van der Waals surface area contributed by atoms with Gasteiger partial charge in [-0.25, -0.2) is 4.98 Å². The van der Waals surface area contributed by atoms with E-state index in [0.717, 1.165) is 10.7 Å². The lowest BCUT2D eigenvalue weighted by molar-refractivity contribution is -0.136. The van der Waals surface area contributed by atoms with Crippen LogP contribution >= 0.6 is 11.3 Å². The largest absolute Gasteiger partial charge is 0.342 e. The van der Waals surface area contributed by atoms with Crippen molar-refractivity contribution in [3.05, 3.63) is 45.9 Å². The van der Waals surface area contributed by atoms with E-state index in [9.17, 15) is 9.59 Å². The molecule has 0 saturated heterocycles. The predicted octanol–water partition coefficient (Wildman–Crippen LogP) is 2.39. The molecule has 0 aliphatic rings. The highest BCUT2D eigenvalue weighted by Gasteiger charge is 2.14. The zero-order chi connectivity index (χ0) is 16.8. The number of rotatable bonds is 4. The maximum Gasteiger partial charge on any atom is 0.313 e. The lowest BCUT2D eigenvalue weighted by Gasteiger charge is -2.05. The van der Waals surface area contributed by atoms with Crippen LogP contribution in [0.2, 0.25) is 0 Å². The molecule has 0 saturated carbocycles. The van der Waals surface area contributed by atoms with Gasteiger partial charge < -0.3 is 10.6 Å². The summed E-state index contributed by atoms with van der Waals surface area (Å²) < 4.78 is 0. The fourth-order valence-corrected chi connectivity index (χ4v) is 2.61. The standard InChI is InChI=1S/C16H16N4O2S/c1-10(2)16-20-13(9-23-16)8-18-14(21)15(22)19-12-5-3-4-11(6-12)7-17/h3-6,9-10H,8H2,1-2H3,(H,18,21)(H,19,22). The predicted molar refractivity (Wildman–Crippen MR) is 87.8 cm³/mol. The highest BCUT2D eigenvalue weighted by Crippen LogP contribution is 2.18. The van der Waals surface area contributed by atoms with Gasteiger partial charge in [-0.05, 0) is 18.2 Å². The number of anilines is 1. The van der Waals surface area contributed by atoms with E-state index in [4.69, 9.17) is 5.26 Å². The summed E-state index contributed by atoms with van der Waals surface area (Å²) in [6, 6.07) is 8.33. The lowest BCUT2D eigenvalue weighted by atomic mass is 10.2. The highest BCUT2D eigenvalue weighted by atomic mass is 32.1. The molecular weight excluding hydrogens is 312 g/mol. The molecule has 0 aliphatic carbocycles. The molecule has 2 rings (SSSR count). The van der Waals surface area contributed by atoms with Gasteiger partial charge in [0, 0.05) is 17.0 Å². The molecule has 2 amide bonds. The van der Waals surface area contributed by atoms with Crippen molar-refractivity contribution in [3.8, 4) is 6.07 Å². The van der Waals surface area contributed by atoms with Crippen molar-refractivity contribution in [2.75, 3.05) is 5.32 Å². The quantitative estimate of drug-likeness (QED) is 0.843. The van der Waals surface area contributed by atoms with Gasteiger partial charge in [0.2, 0.25) is 0 Å². The van der Waals surface area contributed by atoms with E-state index in [-0.39, 0.29) is 6.54 Å². The van der Waals surface area contributed by atoms with Crippen LogP contribution in [-0.4, -0.2) is 16.8 Å². The Morgan fingerprint density at radius 2 is 2.13 bits per heavy atom. The third kappa shape index (κ3) is 4.63. The van der Waals surface area contributed by atoms with Gasteiger partial charge in [0.25, 0.3) is 0 Å². The van der Waals surface area contributed by atoms with Crippen LogP contribution in [0.1, 0.15) is 36.0 Å². The Balaban J connectivity index is 1.89. The molecule has 23 heavy (non-hydrogen) atoms. The smallest absolute Gasteiger partial charge is 0.313 e. The van der Waals surface area contributed by atoms with Gasteiger partial charge in [0.1, 0.15) is 0 Å². The lowest BCUT2D eigenvalue weighted by Crippen LogP contribution is -2.35. The molecule has 0 spiro atoms. The van der Waals surface area contributed by atoms with E-state index in [2.05, 4.69) is 15.6 Å². The van der Waals surface area contributed by atoms with Crippen molar-refractivity contribution in [2.24, 2.45) is 0 Å². The van der Waals surface area contributed by atoms with Crippen LogP contribution in [-0.2, 0) is 16.1 Å². The van der Waals surface area contributed by atoms with Crippen molar-refractivity contribution in [1.82, 2.24) is 10.3 Å². The average molecular weight is 328 g/mol. The monoisotopic (exact) mass is 328 g/mol. The molecule has 7 heteroatoms. The summed E-state index contributed by atoms with van der Waals surface area (Å²) in [6.07, 6.45) is 0. The van der Waals surface area contributed by atoms with E-state index in [0.29, 0.717) is 17.2 Å². The fourth-order valence-electron chi connectivity index (χ4n) is 1.77. The van der Waals surface area contributed by atoms with Crippen LogP contribution in [0.3, 0.4) is 0 Å². The Morgan fingerprint density at radius 1 is 1.35 bits per heavy atom. The minimum atomic E-state index is -0.778. The number of hydrogen-bond acceptors (Lipinski definition) is 5. The number of thiazole rings is 1. The maximum atomic E-state index is 11.8. The second-order valence-corrected chi connectivity index (χ2v) is 6.05. The third-order valence-electron chi connectivity index (χ3n) is 2.95. The van der Waals surface area contributed by atoms with Gasteiger partial charge in [-0.3, -0.25) is 9.59 Å². The summed E-state index contributed by atoms with van der Waals surface area (Å²) in [5.41, 5.74) is 1.54. The molecule has 1 aromatic heterocycles. The van der Waals surface area contributed by atoms with E-state index >= 15 is 0 Å². The number of carbonyl (C=O) groups is 2. The molecule has 0 unspecified atom stereocenters. The van der Waals surface area contributed by atoms with Crippen molar-refractivity contribution in [2.45, 2.75) is 26.3 Å². The second-order valence-electron chi connectivity index (χ2n) is 5.16. The first-order valence-corrected chi connectivity index (χ1v) is 7.91. The zero-order valence-corrected chi connectivity index (χ0v) is 13.6. The maximum absolute atomic E-state index is 11.8. The van der Waals surface area contributed by atoms with E-state index in [1.165, 1.54) is 17.4 Å². The number of benzene rings is 1. The Kier molecular flexibility index (Phi) is 5.44. The average Bonchev–Trinajstić information content (AvgIpc) is 3.02. The molecule has 6 nitrogen and oxygen atoms in total. The van der Waals surface area contributed by atoms with Crippen LogP contribution < -0.4 is 10.6 Å². The second kappa shape index (κ2) is 7.51. The number of nitriles is 1. The van der Waals surface area contributed by atoms with Gasteiger partial charge in [0.15, 0.2) is 0 Å². The van der Waals surface area contributed by atoms with Crippen molar-refractivity contribution in [1.29, 1.82) is 5.26 Å². The molecule has 1 aromatic carbocycles. The molecule has 0 atom stereocenters. The minimum Gasteiger partial charge on any atom is -0.342 e. The highest BCUT2D eigenvalue weighted by molar-refractivity contribution is 7.09. The first kappa shape index (κ1) is 16.6. The van der Waals surface area contributed by atoms with Crippen LogP contribution in [0.25, 0.3) is 0 Å². The van der Waals surface area contributed by atoms with Gasteiger partial charge in [0.05, 0.1) is 28.9 Å². The Bertz CT molecular complexity index is 761. The first-order chi connectivity index (χ1) is 11.0. The molecule has 0 aliphatic heterocycles. The number of hydrogen-bond donors (Lipinski definition) is 2. The van der Waals surface area contributed by atoms with Crippen LogP contribution in [0, 0.1) is 11.3 Å². The number of nitrogens with zero attached hydrogens (tertiary/aromatic N) is 2. The van der Waals surface area contributed by atoms with E-state index in [1.807, 2.05) is 25.3 Å². The topological polar surface area (TPSA) is 94.9 Å². The Morgan fingerprint density at radius 3 is 2.78 bits per heavy atom. The normalized spacial score (nSPS) is 10.2. The molecule has 0 bridgehead atoms. The SMILES string of the molecule is CC(C)c1nc(CNC(=O)C(=O)Nc2cccc(C#N)c2)cs1. The first-order valence-electron chi connectivity index (χ1n) is 7.03. The summed E-state index contributed by atoms with van der Waals surface area (Å²) in [5, 5.41) is 16.7. The number of amides is 2. The molecule has 2 aromatic rings. The van der Waals surface area contributed by atoms with Crippen molar-refractivity contribution >= 4 is 28.8 Å². The van der Waals surface area contributed by atoms with Gasteiger partial charge >= 0.3 is 11.8 Å². The minimum absolute atomic E-state index is 0.202. The van der Waals surface area contributed by atoms with E-state index < -0.39 is 11.8 Å². The number of carbonyl (C=O) groups excluding carboxylic acids is 2. The summed E-state index contributed by atoms with van der Waals surface area (Å²) >= 11 is 1.53. The molecule has 0 fully saturated rings. The van der Waals surface area contributed by atoms with E-state index in [1.54, 1.807) is 18.2 Å². The summed E-state index contributed by atoms with van der Waals surface area (Å²) in [4.78, 5) is 28.0. The molecule has 118 valence electrons.